The summed E-state index contributed by atoms with van der Waals surface area (Å²) in [6, 6.07) is 32.8. The van der Waals surface area contributed by atoms with Crippen LogP contribution in [0, 0.1) is 0 Å². The van der Waals surface area contributed by atoms with Crippen LogP contribution in [0.15, 0.2) is 108 Å². The summed E-state index contributed by atoms with van der Waals surface area (Å²) in [4.78, 5) is 14.8. The molecule has 0 N–H and O–H groups in total. The number of halogens is 1. The van der Waals surface area contributed by atoms with Gasteiger partial charge in [0.15, 0.2) is 17.8 Å². The van der Waals surface area contributed by atoms with Crippen LogP contribution in [0.1, 0.15) is 24.2 Å². The van der Waals surface area contributed by atoms with Gasteiger partial charge in [-0.25, -0.2) is 5.01 Å². The van der Waals surface area contributed by atoms with Gasteiger partial charge in [0.25, 0.3) is 0 Å². The van der Waals surface area contributed by atoms with Crippen LogP contribution in [0.4, 0.5) is 11.4 Å². The predicted molar refractivity (Wildman–Crippen MR) is 147 cm³/mol. The van der Waals surface area contributed by atoms with Gasteiger partial charge in [-0.2, -0.15) is 0 Å². The molecular weight excluding hydrogens is 486 g/mol. The molecule has 0 radical (unpaired) electrons. The first-order valence-corrected chi connectivity index (χ1v) is 12.3. The van der Waals surface area contributed by atoms with Crippen LogP contribution in [0.5, 0.6) is 11.5 Å². The van der Waals surface area contributed by atoms with Crippen molar-refractivity contribution >= 4 is 34.6 Å². The van der Waals surface area contributed by atoms with Crippen LogP contribution in [0.25, 0.3) is 0 Å². The number of ketones is 1. The van der Waals surface area contributed by atoms with Crippen molar-refractivity contribution in [2.24, 2.45) is 5.10 Å². The second-order valence-corrected chi connectivity index (χ2v) is 8.99. The van der Waals surface area contributed by atoms with E-state index in [0.29, 0.717) is 23.2 Å². The van der Waals surface area contributed by atoms with Gasteiger partial charge in [0.2, 0.25) is 0 Å². The van der Waals surface area contributed by atoms with Gasteiger partial charge < -0.3 is 9.47 Å². The summed E-state index contributed by atoms with van der Waals surface area (Å²) in [5, 5.41) is 7.35. The molecular formula is C30H26ClN3O3. The van der Waals surface area contributed by atoms with Crippen molar-refractivity contribution in [2.75, 3.05) is 17.0 Å². The Morgan fingerprint density at radius 1 is 0.865 bits per heavy atom. The van der Waals surface area contributed by atoms with E-state index in [1.807, 2.05) is 113 Å². The summed E-state index contributed by atoms with van der Waals surface area (Å²) >= 11 is 6.05. The van der Waals surface area contributed by atoms with Gasteiger partial charge in [0, 0.05) is 23.2 Å². The van der Waals surface area contributed by atoms with Crippen molar-refractivity contribution < 1.29 is 14.3 Å². The molecule has 4 aromatic carbocycles. The quantitative estimate of drug-likeness (QED) is 0.259. The zero-order chi connectivity index (χ0) is 25.8. The minimum Gasteiger partial charge on any atom is -0.497 e. The van der Waals surface area contributed by atoms with E-state index in [1.54, 1.807) is 7.11 Å². The van der Waals surface area contributed by atoms with Crippen LogP contribution in [-0.2, 0) is 11.4 Å². The number of Topliss-reactive ketones (excluding diaryl/α,β-unsaturated/α-hetero) is 1. The number of benzene rings is 4. The number of rotatable bonds is 8. The van der Waals surface area contributed by atoms with Gasteiger partial charge >= 0.3 is 0 Å². The number of anilines is 2. The normalized spacial score (nSPS) is 14.9. The second kappa shape index (κ2) is 10.8. The van der Waals surface area contributed by atoms with E-state index in [9.17, 15) is 4.79 Å². The SMILES string of the molecule is COc1ccc(N2C(C(C)=O)=NN(c3ccccc3)[C@H]2c2ccccc2OCc2ccc(Cl)cc2)cc1. The Balaban J connectivity index is 1.60. The number of carbonyl (C=O) groups is 1. The van der Waals surface area contributed by atoms with Crippen LogP contribution in [0.3, 0.4) is 0 Å². The minimum absolute atomic E-state index is 0.140. The maximum atomic E-state index is 12.9. The fourth-order valence-corrected chi connectivity index (χ4v) is 4.42. The van der Waals surface area contributed by atoms with Crippen molar-refractivity contribution in [3.8, 4) is 11.5 Å². The Morgan fingerprint density at radius 3 is 2.22 bits per heavy atom. The Kier molecular flexibility index (Phi) is 7.10. The number of hydrogen-bond donors (Lipinski definition) is 0. The largest absolute Gasteiger partial charge is 0.497 e. The van der Waals surface area contributed by atoms with Crippen molar-refractivity contribution in [3.05, 3.63) is 119 Å². The lowest BCUT2D eigenvalue weighted by atomic mass is 10.1. The Labute approximate surface area is 221 Å². The Morgan fingerprint density at radius 2 is 1.54 bits per heavy atom. The lowest BCUT2D eigenvalue weighted by Crippen LogP contribution is -2.38. The molecule has 1 aliphatic heterocycles. The third-order valence-corrected chi connectivity index (χ3v) is 6.35. The molecule has 5 rings (SSSR count). The molecule has 0 aromatic heterocycles. The number of methoxy groups -OCH3 is 1. The highest BCUT2D eigenvalue weighted by atomic mass is 35.5. The molecule has 0 spiro atoms. The zero-order valence-electron chi connectivity index (χ0n) is 20.5. The summed E-state index contributed by atoms with van der Waals surface area (Å²) in [5.74, 6) is 1.62. The number of ether oxygens (including phenoxy) is 2. The Hall–Kier alpha value is -4.29. The van der Waals surface area contributed by atoms with Crippen LogP contribution >= 0.6 is 11.6 Å². The molecule has 1 aliphatic rings. The molecule has 6 nitrogen and oxygen atoms in total. The molecule has 0 fully saturated rings. The molecule has 1 atom stereocenters. The van der Waals surface area contributed by atoms with E-state index < -0.39 is 6.17 Å². The smallest absolute Gasteiger partial charge is 0.198 e. The average Bonchev–Trinajstić information content (AvgIpc) is 3.34. The summed E-state index contributed by atoms with van der Waals surface area (Å²) in [5.41, 5.74) is 3.54. The first-order chi connectivity index (χ1) is 18.0. The first-order valence-electron chi connectivity index (χ1n) is 11.9. The van der Waals surface area contributed by atoms with Crippen LogP contribution in [-0.4, -0.2) is 18.7 Å². The minimum atomic E-state index is -0.462. The average molecular weight is 512 g/mol. The van der Waals surface area contributed by atoms with Crippen molar-refractivity contribution in [1.82, 2.24) is 0 Å². The first kappa shape index (κ1) is 24.4. The molecule has 0 bridgehead atoms. The molecule has 186 valence electrons. The summed E-state index contributed by atoms with van der Waals surface area (Å²) in [6.07, 6.45) is -0.462. The number of para-hydroxylation sites is 2. The number of hydrazone groups is 1. The topological polar surface area (TPSA) is 54.4 Å². The van der Waals surface area contributed by atoms with Gasteiger partial charge in [-0.05, 0) is 60.2 Å². The van der Waals surface area contributed by atoms with Gasteiger partial charge in [-0.3, -0.25) is 9.69 Å². The summed E-state index contributed by atoms with van der Waals surface area (Å²) in [6.45, 7) is 1.90. The van der Waals surface area contributed by atoms with E-state index in [1.165, 1.54) is 6.92 Å². The fraction of sp³-hybridized carbons (Fsp3) is 0.133. The van der Waals surface area contributed by atoms with E-state index >= 15 is 0 Å². The molecule has 0 aliphatic carbocycles. The highest BCUT2D eigenvalue weighted by Gasteiger charge is 2.40. The van der Waals surface area contributed by atoms with Gasteiger partial charge in [-0.1, -0.05) is 60.1 Å². The molecule has 0 saturated carbocycles. The standard InChI is InChI=1S/C30H26ClN3O3/c1-21(35)29-32-34(25-8-4-3-5-9-25)30(33(29)24-16-18-26(36-2)19-17-24)27-10-6-7-11-28(27)37-20-22-12-14-23(31)15-13-22/h3-19,30H,20H2,1-2H3/t30-/m0/s1. The molecule has 0 amide bonds. The van der Waals surface area contributed by atoms with E-state index in [2.05, 4.69) is 0 Å². The zero-order valence-corrected chi connectivity index (χ0v) is 21.3. The monoisotopic (exact) mass is 511 g/mol. The lowest BCUT2D eigenvalue weighted by Gasteiger charge is -2.33. The number of nitrogens with zero attached hydrogens (tertiary/aromatic N) is 3. The fourth-order valence-electron chi connectivity index (χ4n) is 4.29. The van der Waals surface area contributed by atoms with E-state index in [-0.39, 0.29) is 5.78 Å². The summed E-state index contributed by atoms with van der Waals surface area (Å²) in [7, 11) is 1.63. The Bertz CT molecular complexity index is 1410. The molecule has 0 saturated heterocycles. The molecule has 7 heteroatoms. The lowest BCUT2D eigenvalue weighted by molar-refractivity contribution is -0.111. The second-order valence-electron chi connectivity index (χ2n) is 8.55. The molecule has 37 heavy (non-hydrogen) atoms. The molecule has 0 unspecified atom stereocenters. The maximum Gasteiger partial charge on any atom is 0.198 e. The van der Waals surface area contributed by atoms with Crippen LogP contribution < -0.4 is 19.4 Å². The van der Waals surface area contributed by atoms with E-state index in [0.717, 1.165) is 28.3 Å². The predicted octanol–water partition coefficient (Wildman–Crippen LogP) is 6.86. The van der Waals surface area contributed by atoms with Crippen molar-refractivity contribution in [3.63, 3.8) is 0 Å². The summed E-state index contributed by atoms with van der Waals surface area (Å²) < 4.78 is 11.7. The van der Waals surface area contributed by atoms with Crippen molar-refractivity contribution in [2.45, 2.75) is 19.7 Å². The van der Waals surface area contributed by atoms with Crippen LogP contribution in [0.2, 0.25) is 5.02 Å². The van der Waals surface area contributed by atoms with Gasteiger partial charge in [0.05, 0.1) is 12.8 Å². The number of carbonyl (C=O) groups excluding carboxylic acids is 1. The van der Waals surface area contributed by atoms with Gasteiger partial charge in [0.1, 0.15) is 18.1 Å². The third-order valence-electron chi connectivity index (χ3n) is 6.10. The number of amidine groups is 1. The van der Waals surface area contributed by atoms with Gasteiger partial charge in [-0.15, -0.1) is 5.10 Å². The maximum absolute atomic E-state index is 12.9. The number of hydrogen-bond acceptors (Lipinski definition) is 6. The highest BCUT2D eigenvalue weighted by molar-refractivity contribution is 6.44. The van der Waals surface area contributed by atoms with Crippen molar-refractivity contribution in [1.29, 1.82) is 0 Å². The third kappa shape index (κ3) is 5.15. The molecule has 1 heterocycles. The highest BCUT2D eigenvalue weighted by Crippen LogP contribution is 2.42. The van der Waals surface area contributed by atoms with E-state index in [4.69, 9.17) is 26.2 Å². The molecule has 4 aromatic rings.